The van der Waals surface area contributed by atoms with Crippen LogP contribution in [0.3, 0.4) is 0 Å². The van der Waals surface area contributed by atoms with Gasteiger partial charge in [0.25, 0.3) is 0 Å². The molecule has 3 rings (SSSR count). The Morgan fingerprint density at radius 3 is 2.54 bits per heavy atom. The maximum Gasteiger partial charge on any atom is 0.236 e. The summed E-state index contributed by atoms with van der Waals surface area (Å²) >= 11 is 5.95. The molecule has 0 bridgehead atoms. The SMILES string of the molecule is COc1cncc(N2CCN(CC(=O)N(C)C(C)c3ccc(Cl)cc3)CC2)n1. The van der Waals surface area contributed by atoms with E-state index in [9.17, 15) is 4.79 Å². The number of hydrogen-bond acceptors (Lipinski definition) is 6. The van der Waals surface area contributed by atoms with E-state index < -0.39 is 0 Å². The summed E-state index contributed by atoms with van der Waals surface area (Å²) in [7, 11) is 3.43. The van der Waals surface area contributed by atoms with Gasteiger partial charge in [0, 0.05) is 38.2 Å². The van der Waals surface area contributed by atoms with E-state index in [1.165, 1.54) is 0 Å². The first-order valence-electron chi connectivity index (χ1n) is 9.32. The molecule has 0 saturated carbocycles. The average Bonchev–Trinajstić information content (AvgIpc) is 2.73. The summed E-state index contributed by atoms with van der Waals surface area (Å²) in [6, 6.07) is 7.63. The standard InChI is InChI=1S/C20H26ClN5O2/c1-15(16-4-6-17(21)7-5-16)24(2)20(27)14-25-8-10-26(11-9-25)18-12-22-13-19(23-18)28-3/h4-7,12-13,15H,8-11,14H2,1-3H3. The lowest BCUT2D eigenvalue weighted by Gasteiger charge is -2.36. The predicted molar refractivity (Wildman–Crippen MR) is 110 cm³/mol. The van der Waals surface area contributed by atoms with Crippen LogP contribution in [0, 0.1) is 0 Å². The van der Waals surface area contributed by atoms with E-state index in [-0.39, 0.29) is 11.9 Å². The van der Waals surface area contributed by atoms with Gasteiger partial charge in [-0.25, -0.2) is 0 Å². The molecule has 150 valence electrons. The zero-order valence-corrected chi connectivity index (χ0v) is 17.3. The van der Waals surface area contributed by atoms with Crippen LogP contribution in [0.15, 0.2) is 36.7 Å². The van der Waals surface area contributed by atoms with Crippen molar-refractivity contribution in [3.63, 3.8) is 0 Å². The smallest absolute Gasteiger partial charge is 0.236 e. The van der Waals surface area contributed by atoms with Gasteiger partial charge in [-0.1, -0.05) is 23.7 Å². The van der Waals surface area contributed by atoms with Gasteiger partial charge in [-0.2, -0.15) is 4.98 Å². The van der Waals surface area contributed by atoms with E-state index in [0.29, 0.717) is 17.4 Å². The molecule has 0 N–H and O–H groups in total. The van der Waals surface area contributed by atoms with Gasteiger partial charge in [0.1, 0.15) is 0 Å². The van der Waals surface area contributed by atoms with Crippen LogP contribution in [-0.2, 0) is 4.79 Å². The normalized spacial score (nSPS) is 15.9. The third-order valence-corrected chi connectivity index (χ3v) is 5.44. The number of likely N-dealkylation sites (N-methyl/N-ethyl adjacent to an activating group) is 1. The van der Waals surface area contributed by atoms with Crippen LogP contribution in [0.1, 0.15) is 18.5 Å². The Balaban J connectivity index is 1.52. The first kappa shape index (κ1) is 20.4. The van der Waals surface area contributed by atoms with Gasteiger partial charge in [-0.3, -0.25) is 14.7 Å². The number of anilines is 1. The van der Waals surface area contributed by atoms with Gasteiger partial charge in [0.2, 0.25) is 11.8 Å². The highest BCUT2D eigenvalue weighted by Crippen LogP contribution is 2.21. The van der Waals surface area contributed by atoms with Gasteiger partial charge in [0.05, 0.1) is 32.1 Å². The largest absolute Gasteiger partial charge is 0.480 e. The maximum absolute atomic E-state index is 12.7. The van der Waals surface area contributed by atoms with Crippen LogP contribution in [0.25, 0.3) is 0 Å². The monoisotopic (exact) mass is 403 g/mol. The molecule has 1 fully saturated rings. The molecule has 2 aromatic rings. The summed E-state index contributed by atoms with van der Waals surface area (Å²) < 4.78 is 5.14. The summed E-state index contributed by atoms with van der Waals surface area (Å²) in [5.74, 6) is 1.42. The number of halogens is 1. The lowest BCUT2D eigenvalue weighted by atomic mass is 10.1. The van der Waals surface area contributed by atoms with Crippen molar-refractivity contribution in [2.24, 2.45) is 0 Å². The fourth-order valence-corrected chi connectivity index (χ4v) is 3.33. The topological polar surface area (TPSA) is 61.8 Å². The van der Waals surface area contributed by atoms with Crippen molar-refractivity contribution >= 4 is 23.3 Å². The fraction of sp³-hybridized carbons (Fsp3) is 0.450. The summed E-state index contributed by atoms with van der Waals surface area (Å²) in [4.78, 5) is 27.5. The minimum absolute atomic E-state index is 0.00175. The summed E-state index contributed by atoms with van der Waals surface area (Å²) in [5.41, 5.74) is 1.07. The number of piperazine rings is 1. The van der Waals surface area contributed by atoms with Crippen LogP contribution in [0.2, 0.25) is 5.02 Å². The van der Waals surface area contributed by atoms with Crippen LogP contribution in [0.4, 0.5) is 5.82 Å². The number of nitrogens with zero attached hydrogens (tertiary/aromatic N) is 5. The van der Waals surface area contributed by atoms with Crippen LogP contribution < -0.4 is 9.64 Å². The minimum Gasteiger partial charge on any atom is -0.480 e. The Bertz CT molecular complexity index is 793. The van der Waals surface area contributed by atoms with Gasteiger partial charge in [0.15, 0.2) is 5.82 Å². The zero-order valence-electron chi connectivity index (χ0n) is 16.5. The molecule has 0 aliphatic carbocycles. The molecule has 1 atom stereocenters. The third-order valence-electron chi connectivity index (χ3n) is 5.19. The second kappa shape index (κ2) is 9.21. The second-order valence-corrected chi connectivity index (χ2v) is 7.35. The molecule has 1 aliphatic heterocycles. The van der Waals surface area contributed by atoms with Crippen LogP contribution >= 0.6 is 11.6 Å². The van der Waals surface area contributed by atoms with Crippen molar-refractivity contribution < 1.29 is 9.53 Å². The number of amides is 1. The fourth-order valence-electron chi connectivity index (χ4n) is 3.21. The minimum atomic E-state index is -0.00175. The lowest BCUT2D eigenvalue weighted by Crippen LogP contribution is -2.50. The van der Waals surface area contributed by atoms with E-state index in [1.807, 2.05) is 38.2 Å². The third kappa shape index (κ3) is 4.91. The molecular formula is C20H26ClN5O2. The molecule has 1 aromatic carbocycles. The highest BCUT2D eigenvalue weighted by Gasteiger charge is 2.24. The van der Waals surface area contributed by atoms with E-state index in [1.54, 1.807) is 24.4 Å². The van der Waals surface area contributed by atoms with Crippen molar-refractivity contribution in [2.75, 3.05) is 51.8 Å². The Morgan fingerprint density at radius 2 is 1.89 bits per heavy atom. The van der Waals surface area contributed by atoms with E-state index >= 15 is 0 Å². The molecule has 1 saturated heterocycles. The van der Waals surface area contributed by atoms with Crippen molar-refractivity contribution in [1.29, 1.82) is 0 Å². The molecule has 1 aromatic heterocycles. The van der Waals surface area contributed by atoms with Crippen molar-refractivity contribution in [3.05, 3.63) is 47.2 Å². The molecule has 1 aliphatic rings. The van der Waals surface area contributed by atoms with Crippen molar-refractivity contribution in [3.8, 4) is 5.88 Å². The Hall–Kier alpha value is -2.38. The number of rotatable bonds is 6. The number of carbonyl (C=O) groups is 1. The molecule has 0 spiro atoms. The van der Waals surface area contributed by atoms with Gasteiger partial charge >= 0.3 is 0 Å². The van der Waals surface area contributed by atoms with Gasteiger partial charge < -0.3 is 14.5 Å². The molecule has 7 nitrogen and oxygen atoms in total. The number of ether oxygens (including phenoxy) is 1. The van der Waals surface area contributed by atoms with Gasteiger partial charge in [-0.15, -0.1) is 0 Å². The first-order chi connectivity index (χ1) is 13.5. The number of methoxy groups -OCH3 is 1. The van der Waals surface area contributed by atoms with E-state index in [2.05, 4.69) is 19.8 Å². The Kier molecular flexibility index (Phi) is 6.70. The molecule has 2 heterocycles. The Labute approximate surface area is 170 Å². The Morgan fingerprint density at radius 1 is 1.21 bits per heavy atom. The number of aromatic nitrogens is 2. The maximum atomic E-state index is 12.7. The first-order valence-corrected chi connectivity index (χ1v) is 9.70. The van der Waals surface area contributed by atoms with Crippen LogP contribution in [0.5, 0.6) is 5.88 Å². The highest BCUT2D eigenvalue weighted by atomic mass is 35.5. The summed E-state index contributed by atoms with van der Waals surface area (Å²) in [6.07, 6.45) is 3.33. The number of carbonyl (C=O) groups excluding carboxylic acids is 1. The lowest BCUT2D eigenvalue weighted by molar-refractivity contribution is -0.133. The molecule has 8 heteroatoms. The number of hydrogen-bond donors (Lipinski definition) is 0. The van der Waals surface area contributed by atoms with Gasteiger partial charge in [-0.05, 0) is 24.6 Å². The average molecular weight is 404 g/mol. The summed E-state index contributed by atoms with van der Waals surface area (Å²) in [5, 5.41) is 0.698. The number of benzene rings is 1. The molecule has 1 amide bonds. The molecule has 1 unspecified atom stereocenters. The van der Waals surface area contributed by atoms with Crippen molar-refractivity contribution in [1.82, 2.24) is 19.8 Å². The summed E-state index contributed by atoms with van der Waals surface area (Å²) in [6.45, 7) is 5.63. The quantitative estimate of drug-likeness (QED) is 0.738. The van der Waals surface area contributed by atoms with Crippen molar-refractivity contribution in [2.45, 2.75) is 13.0 Å². The molecule has 0 radical (unpaired) electrons. The van der Waals surface area contributed by atoms with Crippen LogP contribution in [-0.4, -0.2) is 72.6 Å². The zero-order chi connectivity index (χ0) is 20.1. The second-order valence-electron chi connectivity index (χ2n) is 6.91. The molecule has 28 heavy (non-hydrogen) atoms. The predicted octanol–water partition coefficient (Wildman–Crippen LogP) is 2.48. The molecular weight excluding hydrogens is 378 g/mol. The highest BCUT2D eigenvalue weighted by molar-refractivity contribution is 6.30. The van der Waals surface area contributed by atoms with E-state index in [0.717, 1.165) is 37.6 Å². The van der Waals surface area contributed by atoms with E-state index in [4.69, 9.17) is 16.3 Å².